The lowest BCUT2D eigenvalue weighted by atomic mass is 9.81. The van der Waals surface area contributed by atoms with Gasteiger partial charge in [0.15, 0.2) is 0 Å². The molecule has 1 atom stereocenters. The SMILES string of the molecule is CC(C)(C)OC(=O)NCC1CCC(C(=O)N[C@@H](Cc2ccc(-c3cccc(C(=O)N4CCN(C(=O)O)CC4)c3F)cc2)C(=O)Nc2ccc(-c3nn[nH]n3)cc2)CC1. The molecule has 2 aliphatic rings. The number of rotatable bonds is 11. The maximum absolute atomic E-state index is 15.9. The van der Waals surface area contributed by atoms with Crippen molar-refractivity contribution < 1.29 is 38.2 Å². The number of carbonyl (C=O) groups is 5. The molecule has 4 aromatic rings. The number of nitrogens with zero attached hydrogens (tertiary/aromatic N) is 5. The van der Waals surface area contributed by atoms with Crippen LogP contribution in [0.5, 0.6) is 0 Å². The van der Waals surface area contributed by atoms with Crippen LogP contribution in [0.4, 0.5) is 19.7 Å². The lowest BCUT2D eigenvalue weighted by Crippen LogP contribution is -2.50. The first kappa shape index (κ1) is 41.2. The Morgan fingerprint density at radius 3 is 2.17 bits per heavy atom. The van der Waals surface area contributed by atoms with Gasteiger partial charge in [0.2, 0.25) is 17.6 Å². The van der Waals surface area contributed by atoms with E-state index in [2.05, 4.69) is 36.6 Å². The van der Waals surface area contributed by atoms with E-state index >= 15 is 4.39 Å². The fourth-order valence-corrected chi connectivity index (χ4v) is 7.13. The number of hydrogen-bond acceptors (Lipinski definition) is 9. The molecule has 0 radical (unpaired) electrons. The van der Waals surface area contributed by atoms with Crippen LogP contribution in [0, 0.1) is 17.7 Å². The van der Waals surface area contributed by atoms with E-state index in [9.17, 15) is 29.1 Å². The van der Waals surface area contributed by atoms with E-state index in [-0.39, 0.29) is 61.5 Å². The molecule has 5 amide bonds. The standard InChI is InChI=1S/C41H48FN9O7/c1-41(2,3)58-39(55)43-24-26-9-13-29(14-10-26)36(52)45-33(37(53)44-30-17-15-28(16-18-30)35-46-48-49-47-35)23-25-7-11-27(12-8-25)31-5-4-6-32(34(31)42)38(54)50-19-21-51(22-20-50)40(56)57/h4-8,11-12,15-18,26,29,33H,9-10,13-14,19-24H2,1-3H3,(H,43,55)(H,44,53)(H,45,52)(H,56,57)(H,46,47,48,49)/t26?,29?,33-/m0/s1. The number of aromatic nitrogens is 4. The molecule has 2 fully saturated rings. The van der Waals surface area contributed by atoms with Crippen molar-refractivity contribution in [3.05, 3.63) is 83.7 Å². The summed E-state index contributed by atoms with van der Waals surface area (Å²) >= 11 is 0. The van der Waals surface area contributed by atoms with Crippen LogP contribution in [-0.2, 0) is 20.7 Å². The Morgan fingerprint density at radius 1 is 0.897 bits per heavy atom. The Hall–Kier alpha value is -6.39. The Balaban J connectivity index is 1.12. The predicted molar refractivity (Wildman–Crippen MR) is 211 cm³/mol. The van der Waals surface area contributed by atoms with Crippen molar-refractivity contribution in [1.82, 2.24) is 41.1 Å². The number of alkyl carbamates (subject to hydrolysis) is 1. The molecule has 58 heavy (non-hydrogen) atoms. The van der Waals surface area contributed by atoms with Gasteiger partial charge in [-0.2, -0.15) is 5.21 Å². The van der Waals surface area contributed by atoms with Crippen LogP contribution in [-0.4, -0.2) is 110 Å². The molecule has 0 unspecified atom stereocenters. The highest BCUT2D eigenvalue weighted by Crippen LogP contribution is 2.30. The van der Waals surface area contributed by atoms with Gasteiger partial charge in [-0.25, -0.2) is 14.0 Å². The summed E-state index contributed by atoms with van der Waals surface area (Å²) in [5.74, 6) is -1.59. The van der Waals surface area contributed by atoms with Crippen LogP contribution in [0.2, 0.25) is 0 Å². The van der Waals surface area contributed by atoms with Gasteiger partial charge in [-0.15, -0.1) is 10.2 Å². The quantitative estimate of drug-likeness (QED) is 0.135. The Kier molecular flexibility index (Phi) is 13.0. The first-order chi connectivity index (χ1) is 27.7. The van der Waals surface area contributed by atoms with Gasteiger partial charge in [-0.05, 0) is 99.0 Å². The second-order valence-electron chi connectivity index (χ2n) is 15.6. The lowest BCUT2D eigenvalue weighted by molar-refractivity contribution is -0.130. The number of amides is 5. The van der Waals surface area contributed by atoms with Crippen LogP contribution in [0.25, 0.3) is 22.5 Å². The summed E-state index contributed by atoms with van der Waals surface area (Å²) < 4.78 is 21.2. The molecule has 17 heteroatoms. The molecule has 1 aliphatic heterocycles. The smallest absolute Gasteiger partial charge is 0.407 e. The van der Waals surface area contributed by atoms with E-state index in [1.165, 1.54) is 15.9 Å². The lowest BCUT2D eigenvalue weighted by Gasteiger charge is -2.33. The molecule has 6 rings (SSSR count). The molecule has 0 bridgehead atoms. The summed E-state index contributed by atoms with van der Waals surface area (Å²) in [5.41, 5.74) is 1.92. The third-order valence-corrected chi connectivity index (χ3v) is 10.3. The van der Waals surface area contributed by atoms with Gasteiger partial charge in [0, 0.05) is 61.9 Å². The van der Waals surface area contributed by atoms with E-state index in [4.69, 9.17) is 4.74 Å². The number of anilines is 1. The van der Waals surface area contributed by atoms with E-state index in [0.29, 0.717) is 47.6 Å². The summed E-state index contributed by atoms with van der Waals surface area (Å²) in [6, 6.07) is 17.4. The second-order valence-corrected chi connectivity index (χ2v) is 15.6. The molecule has 1 aliphatic carbocycles. The van der Waals surface area contributed by atoms with E-state index in [0.717, 1.165) is 12.8 Å². The number of tetrazole rings is 1. The van der Waals surface area contributed by atoms with Crippen LogP contribution in [0.15, 0.2) is 66.7 Å². The molecule has 16 nitrogen and oxygen atoms in total. The Morgan fingerprint density at radius 2 is 1.55 bits per heavy atom. The number of carboxylic acid groups (broad SMARTS) is 1. The monoisotopic (exact) mass is 797 g/mol. The average Bonchev–Trinajstić information content (AvgIpc) is 3.75. The Labute approximate surface area is 334 Å². The minimum atomic E-state index is -1.06. The van der Waals surface area contributed by atoms with Crippen molar-refractivity contribution in [1.29, 1.82) is 0 Å². The molecular formula is C41H48FN9O7. The molecule has 5 N–H and O–H groups in total. The van der Waals surface area contributed by atoms with Crippen LogP contribution in [0.1, 0.15) is 62.4 Å². The number of aromatic amines is 1. The summed E-state index contributed by atoms with van der Waals surface area (Å²) in [5, 5.41) is 31.9. The molecule has 1 aromatic heterocycles. The normalized spacial score (nSPS) is 17.5. The second kappa shape index (κ2) is 18.3. The van der Waals surface area contributed by atoms with Crippen molar-refractivity contribution in [2.75, 3.05) is 38.0 Å². The van der Waals surface area contributed by atoms with Crippen molar-refractivity contribution in [2.45, 2.75) is 64.5 Å². The maximum Gasteiger partial charge on any atom is 0.407 e. The summed E-state index contributed by atoms with van der Waals surface area (Å²) in [7, 11) is 0. The van der Waals surface area contributed by atoms with Gasteiger partial charge in [0.1, 0.15) is 17.5 Å². The highest BCUT2D eigenvalue weighted by Gasteiger charge is 2.31. The minimum Gasteiger partial charge on any atom is -0.465 e. The van der Waals surface area contributed by atoms with Crippen LogP contribution < -0.4 is 16.0 Å². The van der Waals surface area contributed by atoms with Gasteiger partial charge in [-0.1, -0.05) is 36.4 Å². The number of carbonyl (C=O) groups excluding carboxylic acids is 4. The molecule has 1 saturated heterocycles. The number of H-pyrrole nitrogens is 1. The maximum atomic E-state index is 15.9. The van der Waals surface area contributed by atoms with Crippen molar-refractivity contribution in [3.8, 4) is 22.5 Å². The molecule has 306 valence electrons. The zero-order chi connectivity index (χ0) is 41.4. The first-order valence-electron chi connectivity index (χ1n) is 19.3. The Bertz CT molecular complexity index is 2070. The van der Waals surface area contributed by atoms with Crippen LogP contribution in [0.3, 0.4) is 0 Å². The third kappa shape index (κ3) is 10.7. The van der Waals surface area contributed by atoms with Gasteiger partial charge in [0.05, 0.1) is 5.56 Å². The average molecular weight is 798 g/mol. The van der Waals surface area contributed by atoms with Crippen molar-refractivity contribution >= 4 is 35.6 Å². The molecule has 0 spiro atoms. The van der Waals surface area contributed by atoms with Crippen molar-refractivity contribution in [2.24, 2.45) is 11.8 Å². The number of benzene rings is 3. The molecular weight excluding hydrogens is 750 g/mol. The van der Waals surface area contributed by atoms with E-state index in [1.807, 2.05) is 0 Å². The number of halogens is 1. The highest BCUT2D eigenvalue weighted by atomic mass is 19.1. The highest BCUT2D eigenvalue weighted by molar-refractivity contribution is 5.98. The van der Waals surface area contributed by atoms with E-state index in [1.54, 1.807) is 81.4 Å². The molecule has 3 aromatic carbocycles. The number of piperazine rings is 1. The van der Waals surface area contributed by atoms with Crippen LogP contribution >= 0.6 is 0 Å². The zero-order valence-corrected chi connectivity index (χ0v) is 32.7. The first-order valence-corrected chi connectivity index (χ1v) is 19.3. The van der Waals surface area contributed by atoms with Gasteiger partial charge < -0.3 is 35.6 Å². The number of nitrogens with one attached hydrogen (secondary N) is 4. The van der Waals surface area contributed by atoms with Gasteiger partial charge in [-0.3, -0.25) is 14.4 Å². The fourth-order valence-electron chi connectivity index (χ4n) is 7.13. The predicted octanol–water partition coefficient (Wildman–Crippen LogP) is 5.11. The minimum absolute atomic E-state index is 0.108. The molecule has 2 heterocycles. The van der Waals surface area contributed by atoms with Gasteiger partial charge in [0.25, 0.3) is 5.91 Å². The fraction of sp³-hybridized carbons (Fsp3) is 0.415. The summed E-state index contributed by atoms with van der Waals surface area (Å²) in [4.78, 5) is 66.9. The summed E-state index contributed by atoms with van der Waals surface area (Å²) in [6.45, 7) is 6.47. The molecule has 1 saturated carbocycles. The largest absolute Gasteiger partial charge is 0.465 e. The number of hydrogen-bond donors (Lipinski definition) is 5. The number of ether oxygens (including phenoxy) is 1. The topological polar surface area (TPSA) is 212 Å². The van der Waals surface area contributed by atoms with E-state index < -0.39 is 41.5 Å². The van der Waals surface area contributed by atoms with Crippen molar-refractivity contribution in [3.63, 3.8) is 0 Å². The zero-order valence-electron chi connectivity index (χ0n) is 32.7. The third-order valence-electron chi connectivity index (χ3n) is 10.3. The summed E-state index contributed by atoms with van der Waals surface area (Å²) in [6.07, 6.45) is 1.25. The van der Waals surface area contributed by atoms with Gasteiger partial charge >= 0.3 is 12.2 Å².